The van der Waals surface area contributed by atoms with Crippen LogP contribution >= 0.6 is 11.6 Å². The smallest absolute Gasteiger partial charge is 0.246 e. The second kappa shape index (κ2) is 5.26. The number of anilines is 1. The highest BCUT2D eigenvalue weighted by atomic mass is 35.5. The molecule has 1 aromatic carbocycles. The molecular formula is C14H15ClN4O. The molecule has 0 aliphatic carbocycles. The Kier molecular flexibility index (Phi) is 3.46. The van der Waals surface area contributed by atoms with Gasteiger partial charge < -0.3 is 9.88 Å². The van der Waals surface area contributed by atoms with Gasteiger partial charge in [-0.1, -0.05) is 11.6 Å². The van der Waals surface area contributed by atoms with Gasteiger partial charge in [0.1, 0.15) is 6.04 Å². The number of nitrogens with one attached hydrogen (secondary N) is 2. The van der Waals surface area contributed by atoms with Crippen LogP contribution in [0.5, 0.6) is 0 Å². The zero-order valence-corrected chi connectivity index (χ0v) is 11.8. The predicted molar refractivity (Wildman–Crippen MR) is 77.6 cm³/mol. The topological polar surface area (TPSA) is 59.0 Å². The first kappa shape index (κ1) is 13.1. The van der Waals surface area contributed by atoms with Gasteiger partial charge in [-0.3, -0.25) is 10.1 Å². The fourth-order valence-corrected chi connectivity index (χ4v) is 2.63. The van der Waals surface area contributed by atoms with Crippen LogP contribution in [0, 0.1) is 0 Å². The molecule has 0 saturated heterocycles. The van der Waals surface area contributed by atoms with Crippen molar-refractivity contribution in [3.8, 4) is 0 Å². The van der Waals surface area contributed by atoms with E-state index in [0.717, 1.165) is 17.8 Å². The minimum absolute atomic E-state index is 0.0419. The summed E-state index contributed by atoms with van der Waals surface area (Å²) in [6.45, 7) is 2.79. The number of aromatic nitrogens is 2. The minimum atomic E-state index is -0.359. The summed E-state index contributed by atoms with van der Waals surface area (Å²) in [7, 11) is 0. The van der Waals surface area contributed by atoms with Crippen molar-refractivity contribution in [2.24, 2.45) is 0 Å². The van der Waals surface area contributed by atoms with E-state index < -0.39 is 0 Å². The SMILES string of the molecule is CC(Cn1ccnc1)NC1C(=O)Nc2ccc(Cl)cc21. The lowest BCUT2D eigenvalue weighted by Crippen LogP contribution is -2.36. The third-order valence-corrected chi connectivity index (χ3v) is 3.57. The van der Waals surface area contributed by atoms with E-state index >= 15 is 0 Å². The summed E-state index contributed by atoms with van der Waals surface area (Å²) in [5, 5.41) is 6.82. The maximum Gasteiger partial charge on any atom is 0.246 e. The number of rotatable bonds is 4. The van der Waals surface area contributed by atoms with Crippen molar-refractivity contribution < 1.29 is 4.79 Å². The van der Waals surface area contributed by atoms with Crippen LogP contribution in [0.3, 0.4) is 0 Å². The highest BCUT2D eigenvalue weighted by molar-refractivity contribution is 6.31. The lowest BCUT2D eigenvalue weighted by molar-refractivity contribution is -0.117. The monoisotopic (exact) mass is 290 g/mol. The number of benzene rings is 1. The van der Waals surface area contributed by atoms with Gasteiger partial charge in [0.25, 0.3) is 0 Å². The van der Waals surface area contributed by atoms with Crippen LogP contribution in [0.2, 0.25) is 5.02 Å². The Hall–Kier alpha value is -1.85. The molecule has 0 radical (unpaired) electrons. The Morgan fingerprint density at radius 2 is 2.40 bits per heavy atom. The quantitative estimate of drug-likeness (QED) is 0.908. The second-order valence-electron chi connectivity index (χ2n) is 4.98. The van der Waals surface area contributed by atoms with E-state index in [0.29, 0.717) is 5.02 Å². The Morgan fingerprint density at radius 1 is 1.55 bits per heavy atom. The van der Waals surface area contributed by atoms with Crippen LogP contribution in [0.4, 0.5) is 5.69 Å². The number of hydrogen-bond acceptors (Lipinski definition) is 3. The van der Waals surface area contributed by atoms with Gasteiger partial charge in [0.15, 0.2) is 0 Å². The van der Waals surface area contributed by atoms with Gasteiger partial charge in [-0.2, -0.15) is 0 Å². The van der Waals surface area contributed by atoms with E-state index in [1.165, 1.54) is 0 Å². The zero-order chi connectivity index (χ0) is 14.1. The van der Waals surface area contributed by atoms with Crippen molar-refractivity contribution in [2.75, 3.05) is 5.32 Å². The van der Waals surface area contributed by atoms with E-state index in [1.807, 2.05) is 29.8 Å². The molecule has 104 valence electrons. The zero-order valence-electron chi connectivity index (χ0n) is 11.0. The van der Waals surface area contributed by atoms with Crippen LogP contribution < -0.4 is 10.6 Å². The van der Waals surface area contributed by atoms with E-state index in [1.54, 1.807) is 18.6 Å². The van der Waals surface area contributed by atoms with E-state index in [9.17, 15) is 4.79 Å². The standard InChI is InChI=1S/C14H15ClN4O/c1-9(7-19-5-4-16-8-19)17-13-11-6-10(15)2-3-12(11)18-14(13)20/h2-6,8-9,13,17H,7H2,1H3,(H,18,20). The van der Waals surface area contributed by atoms with Crippen LogP contribution in [-0.4, -0.2) is 21.5 Å². The Balaban J connectivity index is 1.74. The third kappa shape index (κ3) is 2.55. The summed E-state index contributed by atoms with van der Waals surface area (Å²) in [5.41, 5.74) is 1.73. The molecule has 1 aliphatic heterocycles. The normalized spacial score (nSPS) is 18.7. The Labute approximate surface area is 122 Å². The highest BCUT2D eigenvalue weighted by Crippen LogP contribution is 2.33. The molecule has 2 N–H and O–H groups in total. The van der Waals surface area contributed by atoms with E-state index in [-0.39, 0.29) is 18.0 Å². The first-order valence-electron chi connectivity index (χ1n) is 6.45. The Bertz CT molecular complexity index is 626. The van der Waals surface area contributed by atoms with Gasteiger partial charge in [0.2, 0.25) is 5.91 Å². The first-order valence-corrected chi connectivity index (χ1v) is 6.83. The van der Waals surface area contributed by atoms with Crippen LogP contribution in [-0.2, 0) is 11.3 Å². The summed E-state index contributed by atoms with van der Waals surface area (Å²) in [5.74, 6) is -0.0419. The molecule has 1 amide bonds. The van der Waals surface area contributed by atoms with Crippen molar-refractivity contribution in [3.63, 3.8) is 0 Å². The predicted octanol–water partition coefficient (Wildman–Crippen LogP) is 2.21. The summed E-state index contributed by atoms with van der Waals surface area (Å²) in [4.78, 5) is 16.1. The number of halogens is 1. The number of carbonyl (C=O) groups excluding carboxylic acids is 1. The minimum Gasteiger partial charge on any atom is -0.336 e. The highest BCUT2D eigenvalue weighted by Gasteiger charge is 2.31. The molecule has 0 bridgehead atoms. The molecule has 2 atom stereocenters. The van der Waals surface area contributed by atoms with Gasteiger partial charge >= 0.3 is 0 Å². The number of nitrogens with zero attached hydrogens (tertiary/aromatic N) is 2. The van der Waals surface area contributed by atoms with Gasteiger partial charge in [-0.25, -0.2) is 4.98 Å². The van der Waals surface area contributed by atoms with Gasteiger partial charge in [0, 0.05) is 41.3 Å². The molecule has 3 rings (SSSR count). The van der Waals surface area contributed by atoms with E-state index in [4.69, 9.17) is 11.6 Å². The van der Waals surface area contributed by atoms with Crippen molar-refractivity contribution in [3.05, 3.63) is 47.5 Å². The molecule has 0 saturated carbocycles. The van der Waals surface area contributed by atoms with E-state index in [2.05, 4.69) is 15.6 Å². The number of fused-ring (bicyclic) bond motifs is 1. The lowest BCUT2D eigenvalue weighted by Gasteiger charge is -2.19. The second-order valence-corrected chi connectivity index (χ2v) is 5.42. The molecular weight excluding hydrogens is 276 g/mol. The van der Waals surface area contributed by atoms with Gasteiger partial charge in [-0.05, 0) is 25.1 Å². The maximum atomic E-state index is 12.0. The molecule has 0 spiro atoms. The van der Waals surface area contributed by atoms with Crippen molar-refractivity contribution >= 4 is 23.2 Å². The largest absolute Gasteiger partial charge is 0.336 e. The van der Waals surface area contributed by atoms with Crippen molar-refractivity contribution in [1.29, 1.82) is 0 Å². The first-order chi connectivity index (χ1) is 9.63. The number of imidazole rings is 1. The molecule has 2 unspecified atom stereocenters. The van der Waals surface area contributed by atoms with Crippen LogP contribution in [0.25, 0.3) is 0 Å². The third-order valence-electron chi connectivity index (χ3n) is 3.34. The number of amides is 1. The average Bonchev–Trinajstić information content (AvgIpc) is 3.00. The maximum absolute atomic E-state index is 12.0. The molecule has 0 fully saturated rings. The summed E-state index contributed by atoms with van der Waals surface area (Å²) >= 11 is 6.01. The molecule has 1 aliphatic rings. The molecule has 1 aromatic heterocycles. The summed E-state index contributed by atoms with van der Waals surface area (Å²) < 4.78 is 1.98. The molecule has 6 heteroatoms. The van der Waals surface area contributed by atoms with Crippen LogP contribution in [0.15, 0.2) is 36.9 Å². The fourth-order valence-electron chi connectivity index (χ4n) is 2.45. The molecule has 2 aromatic rings. The van der Waals surface area contributed by atoms with Gasteiger partial charge in [0.05, 0.1) is 6.33 Å². The van der Waals surface area contributed by atoms with Crippen molar-refractivity contribution in [2.45, 2.75) is 25.6 Å². The Morgan fingerprint density at radius 3 is 3.15 bits per heavy atom. The summed E-state index contributed by atoms with van der Waals surface area (Å²) in [6, 6.07) is 5.21. The number of hydrogen-bond donors (Lipinski definition) is 2. The molecule has 2 heterocycles. The van der Waals surface area contributed by atoms with Crippen LogP contribution in [0.1, 0.15) is 18.5 Å². The van der Waals surface area contributed by atoms with Crippen molar-refractivity contribution in [1.82, 2.24) is 14.9 Å². The summed E-state index contributed by atoms with van der Waals surface area (Å²) in [6.07, 6.45) is 5.40. The molecule has 5 nitrogen and oxygen atoms in total. The fraction of sp³-hybridized carbons (Fsp3) is 0.286. The molecule has 20 heavy (non-hydrogen) atoms. The van der Waals surface area contributed by atoms with Gasteiger partial charge in [-0.15, -0.1) is 0 Å². The average molecular weight is 291 g/mol. The lowest BCUT2D eigenvalue weighted by atomic mass is 10.1. The number of carbonyl (C=O) groups is 1.